The smallest absolute Gasteiger partial charge is 0.279 e. The first-order valence-electron chi connectivity index (χ1n) is 9.35. The van der Waals surface area contributed by atoms with Crippen molar-refractivity contribution >= 4 is 16.6 Å². The largest absolute Gasteiger partial charge is 0.332 e. The zero-order chi connectivity index (χ0) is 21.9. The van der Waals surface area contributed by atoms with Crippen molar-refractivity contribution in [1.29, 1.82) is 0 Å². The Labute approximate surface area is 172 Å². The molecule has 156 valence electrons. The second-order valence-electron chi connectivity index (χ2n) is 7.26. The fourth-order valence-electron chi connectivity index (χ4n) is 3.62. The molecule has 0 amide bonds. The maximum atomic E-state index is 14.1. The van der Waals surface area contributed by atoms with Crippen molar-refractivity contribution in [2.24, 2.45) is 0 Å². The summed E-state index contributed by atoms with van der Waals surface area (Å²) in [5, 5.41) is 3.74. The van der Waals surface area contributed by atoms with Gasteiger partial charge in [-0.1, -0.05) is 5.16 Å². The van der Waals surface area contributed by atoms with Crippen LogP contribution < -0.4 is 5.56 Å². The van der Waals surface area contributed by atoms with Crippen molar-refractivity contribution in [3.8, 4) is 23.0 Å². The van der Waals surface area contributed by atoms with Gasteiger partial charge in [0.2, 0.25) is 5.82 Å². The normalized spacial score (nSPS) is 11.8. The number of benzene rings is 2. The summed E-state index contributed by atoms with van der Waals surface area (Å²) in [6.07, 6.45) is 1.40. The molecule has 0 spiro atoms. The van der Waals surface area contributed by atoms with Crippen molar-refractivity contribution in [3.05, 3.63) is 70.5 Å². The van der Waals surface area contributed by atoms with Crippen molar-refractivity contribution in [2.45, 2.75) is 19.9 Å². The van der Waals surface area contributed by atoms with E-state index in [0.717, 1.165) is 6.07 Å². The summed E-state index contributed by atoms with van der Waals surface area (Å²) in [5.74, 6) is -2.26. The van der Waals surface area contributed by atoms with Gasteiger partial charge in [-0.15, -0.1) is 0 Å². The molecule has 10 heteroatoms. The molecule has 0 saturated carbocycles. The molecule has 0 atom stereocenters. The highest BCUT2D eigenvalue weighted by Crippen LogP contribution is 2.28. The molecule has 3 heterocycles. The number of aromatic nitrogens is 5. The van der Waals surface area contributed by atoms with Gasteiger partial charge in [0, 0.05) is 12.1 Å². The summed E-state index contributed by atoms with van der Waals surface area (Å²) in [4.78, 5) is 21.7. The van der Waals surface area contributed by atoms with Crippen LogP contribution in [0.3, 0.4) is 0 Å². The Bertz CT molecular complexity index is 1530. The lowest BCUT2D eigenvalue weighted by atomic mass is 10.2. The van der Waals surface area contributed by atoms with Gasteiger partial charge in [0.25, 0.3) is 11.4 Å². The molecule has 0 N–H and O–H groups in total. The topological polar surface area (TPSA) is 78.2 Å². The molecule has 7 nitrogen and oxygen atoms in total. The summed E-state index contributed by atoms with van der Waals surface area (Å²) in [6, 6.07) is 6.84. The molecule has 0 aliphatic carbocycles. The fourth-order valence-corrected chi connectivity index (χ4v) is 3.62. The van der Waals surface area contributed by atoms with E-state index in [0.29, 0.717) is 17.1 Å². The molecule has 0 unspecified atom stereocenters. The molecule has 0 bridgehead atoms. The number of imidazole rings is 1. The van der Waals surface area contributed by atoms with Gasteiger partial charge in [0.1, 0.15) is 29.3 Å². The standard InChI is InChI=1S/C21H14F3N5O2/c1-10(2)29-16-8-12(23)4-6-15(16)28-9-25-17(18(28)21(29)30)20-26-19(27-31-20)13-5-3-11(22)7-14(13)24/h3-10H,1-2H3. The first kappa shape index (κ1) is 19.0. The average Bonchev–Trinajstić information content (AvgIpc) is 3.35. The third-order valence-corrected chi connectivity index (χ3v) is 4.96. The number of fused-ring (bicyclic) bond motifs is 3. The molecule has 0 fully saturated rings. The third kappa shape index (κ3) is 2.90. The van der Waals surface area contributed by atoms with E-state index in [1.165, 1.54) is 33.5 Å². The Morgan fingerprint density at radius 2 is 1.74 bits per heavy atom. The SMILES string of the molecule is CC(C)n1c(=O)c2c(-c3nc(-c4ccc(F)cc4F)no3)ncn2c2ccc(F)cc21. The van der Waals surface area contributed by atoms with Gasteiger partial charge in [0.05, 0.1) is 16.6 Å². The van der Waals surface area contributed by atoms with Crippen LogP contribution in [0.1, 0.15) is 19.9 Å². The second kappa shape index (κ2) is 6.79. The molecule has 31 heavy (non-hydrogen) atoms. The van der Waals surface area contributed by atoms with Gasteiger partial charge in [-0.05, 0) is 44.2 Å². The van der Waals surface area contributed by atoms with Crippen LogP contribution in [0.4, 0.5) is 13.2 Å². The zero-order valence-corrected chi connectivity index (χ0v) is 16.3. The number of halogens is 3. The van der Waals surface area contributed by atoms with Crippen molar-refractivity contribution in [2.75, 3.05) is 0 Å². The Morgan fingerprint density at radius 3 is 2.48 bits per heavy atom. The van der Waals surface area contributed by atoms with Crippen LogP contribution in [0.15, 0.2) is 52.0 Å². The molecular weight excluding hydrogens is 411 g/mol. The molecule has 0 aliphatic rings. The summed E-state index contributed by atoms with van der Waals surface area (Å²) in [7, 11) is 0. The lowest BCUT2D eigenvalue weighted by Gasteiger charge is -2.15. The van der Waals surface area contributed by atoms with Gasteiger partial charge < -0.3 is 9.09 Å². The van der Waals surface area contributed by atoms with E-state index in [4.69, 9.17) is 4.52 Å². The lowest BCUT2D eigenvalue weighted by Crippen LogP contribution is -2.24. The van der Waals surface area contributed by atoms with Crippen LogP contribution in [0.5, 0.6) is 0 Å². The number of nitrogens with zero attached hydrogens (tertiary/aromatic N) is 5. The van der Waals surface area contributed by atoms with E-state index >= 15 is 0 Å². The summed E-state index contributed by atoms with van der Waals surface area (Å²) >= 11 is 0. The monoisotopic (exact) mass is 425 g/mol. The first-order chi connectivity index (χ1) is 14.8. The summed E-state index contributed by atoms with van der Waals surface area (Å²) in [5.41, 5.74) is 0.757. The number of rotatable bonds is 3. The van der Waals surface area contributed by atoms with Gasteiger partial charge in [-0.2, -0.15) is 4.98 Å². The number of hydrogen-bond donors (Lipinski definition) is 0. The quantitative estimate of drug-likeness (QED) is 0.429. The minimum atomic E-state index is -0.850. The van der Waals surface area contributed by atoms with Gasteiger partial charge in [-0.3, -0.25) is 9.20 Å². The molecule has 0 saturated heterocycles. The Balaban J connectivity index is 1.76. The Hall–Kier alpha value is -3.95. The predicted octanol–water partition coefficient (Wildman–Crippen LogP) is 4.36. The minimum Gasteiger partial charge on any atom is -0.332 e. The van der Waals surface area contributed by atoms with Crippen LogP contribution in [0.2, 0.25) is 0 Å². The molecule has 2 aromatic carbocycles. The lowest BCUT2D eigenvalue weighted by molar-refractivity contribution is 0.431. The van der Waals surface area contributed by atoms with Crippen molar-refractivity contribution in [3.63, 3.8) is 0 Å². The van der Waals surface area contributed by atoms with Crippen LogP contribution in [0, 0.1) is 17.5 Å². The van der Waals surface area contributed by atoms with Crippen LogP contribution >= 0.6 is 0 Å². The van der Waals surface area contributed by atoms with E-state index in [-0.39, 0.29) is 34.5 Å². The summed E-state index contributed by atoms with van der Waals surface area (Å²) in [6.45, 7) is 3.61. The fraction of sp³-hybridized carbons (Fsp3) is 0.143. The molecule has 0 aliphatic heterocycles. The zero-order valence-electron chi connectivity index (χ0n) is 16.3. The third-order valence-electron chi connectivity index (χ3n) is 4.96. The van der Waals surface area contributed by atoms with E-state index in [1.807, 2.05) is 0 Å². The molecular formula is C21H14F3N5O2. The maximum absolute atomic E-state index is 14.1. The van der Waals surface area contributed by atoms with E-state index in [2.05, 4.69) is 15.1 Å². The Kier molecular flexibility index (Phi) is 4.17. The highest BCUT2D eigenvalue weighted by atomic mass is 19.1. The number of hydrogen-bond acceptors (Lipinski definition) is 5. The minimum absolute atomic E-state index is 0.0552. The average molecular weight is 425 g/mol. The van der Waals surface area contributed by atoms with Crippen molar-refractivity contribution < 1.29 is 17.7 Å². The summed E-state index contributed by atoms with van der Waals surface area (Å²) < 4.78 is 49.4. The van der Waals surface area contributed by atoms with E-state index < -0.39 is 23.0 Å². The maximum Gasteiger partial charge on any atom is 0.279 e. The Morgan fingerprint density at radius 1 is 1.00 bits per heavy atom. The molecule has 5 aromatic rings. The van der Waals surface area contributed by atoms with E-state index in [9.17, 15) is 18.0 Å². The highest BCUT2D eigenvalue weighted by Gasteiger charge is 2.23. The van der Waals surface area contributed by atoms with Crippen LogP contribution in [-0.4, -0.2) is 24.1 Å². The first-order valence-corrected chi connectivity index (χ1v) is 9.35. The van der Waals surface area contributed by atoms with Crippen molar-refractivity contribution in [1.82, 2.24) is 24.1 Å². The molecule has 5 rings (SSSR count). The van der Waals surface area contributed by atoms with Gasteiger partial charge in [-0.25, -0.2) is 18.2 Å². The molecule has 0 radical (unpaired) electrons. The van der Waals surface area contributed by atoms with Crippen LogP contribution in [0.25, 0.3) is 39.5 Å². The van der Waals surface area contributed by atoms with E-state index in [1.54, 1.807) is 19.9 Å². The van der Waals surface area contributed by atoms with Gasteiger partial charge in [0.15, 0.2) is 5.69 Å². The predicted molar refractivity (Wildman–Crippen MR) is 106 cm³/mol. The molecule has 3 aromatic heterocycles. The van der Waals surface area contributed by atoms with Crippen LogP contribution in [-0.2, 0) is 0 Å². The van der Waals surface area contributed by atoms with Gasteiger partial charge >= 0.3 is 0 Å². The highest BCUT2D eigenvalue weighted by molar-refractivity contribution is 5.83. The second-order valence-corrected chi connectivity index (χ2v) is 7.26.